The number of benzene rings is 3. The van der Waals surface area contributed by atoms with Crippen LogP contribution in [0.25, 0.3) is 0 Å². The van der Waals surface area contributed by atoms with E-state index < -0.39 is 11.6 Å². The Bertz CT molecular complexity index is 929. The number of amides is 1. The lowest BCUT2D eigenvalue weighted by Gasteiger charge is -2.09. The monoisotopic (exact) mass is 381 g/mol. The van der Waals surface area contributed by atoms with Gasteiger partial charge in [-0.1, -0.05) is 48.5 Å². The molecule has 5 heteroatoms. The molecular formula is C23H21F2NO2. The number of ether oxygens (including phenoxy) is 1. The van der Waals surface area contributed by atoms with E-state index in [9.17, 15) is 13.6 Å². The zero-order valence-corrected chi connectivity index (χ0v) is 15.3. The molecule has 3 rings (SSSR count). The van der Waals surface area contributed by atoms with Gasteiger partial charge in [0.05, 0.1) is 0 Å². The summed E-state index contributed by atoms with van der Waals surface area (Å²) in [6.07, 6.45) is 0.554. The van der Waals surface area contributed by atoms with Crippen LogP contribution in [0.5, 0.6) is 5.75 Å². The Hall–Kier alpha value is -3.21. The Morgan fingerprint density at radius 1 is 0.821 bits per heavy atom. The lowest BCUT2D eigenvalue weighted by Crippen LogP contribution is -2.23. The zero-order valence-electron chi connectivity index (χ0n) is 15.3. The molecule has 0 aromatic heterocycles. The van der Waals surface area contributed by atoms with Crippen molar-refractivity contribution in [2.75, 3.05) is 0 Å². The number of carbonyl (C=O) groups excluding carboxylic acids is 1. The van der Waals surface area contributed by atoms with Gasteiger partial charge in [0.1, 0.15) is 12.4 Å². The minimum atomic E-state index is -0.898. The second-order valence-electron chi connectivity index (χ2n) is 6.45. The van der Waals surface area contributed by atoms with E-state index >= 15 is 0 Å². The molecule has 3 aromatic carbocycles. The van der Waals surface area contributed by atoms with E-state index in [1.54, 1.807) is 0 Å². The van der Waals surface area contributed by atoms with E-state index in [4.69, 9.17) is 4.74 Å². The first-order chi connectivity index (χ1) is 13.6. The molecule has 1 N–H and O–H groups in total. The van der Waals surface area contributed by atoms with Gasteiger partial charge in [0.25, 0.3) is 0 Å². The number of hydrogen-bond donors (Lipinski definition) is 1. The van der Waals surface area contributed by atoms with Crippen LogP contribution in [0, 0.1) is 11.6 Å². The first kappa shape index (κ1) is 19.5. The fourth-order valence-electron chi connectivity index (χ4n) is 2.73. The maximum absolute atomic E-state index is 13.2. The van der Waals surface area contributed by atoms with Crippen molar-refractivity contribution in [3.8, 4) is 5.75 Å². The third-order valence-corrected chi connectivity index (χ3v) is 4.26. The summed E-state index contributed by atoms with van der Waals surface area (Å²) in [6.45, 7) is 0.851. The molecule has 0 heterocycles. The van der Waals surface area contributed by atoms with Crippen LogP contribution in [0.2, 0.25) is 0 Å². The first-order valence-electron chi connectivity index (χ1n) is 9.06. The van der Waals surface area contributed by atoms with Gasteiger partial charge < -0.3 is 10.1 Å². The third kappa shape index (κ3) is 5.91. The summed E-state index contributed by atoms with van der Waals surface area (Å²) in [6, 6.07) is 21.1. The molecule has 3 nitrogen and oxygen atoms in total. The largest absolute Gasteiger partial charge is 0.489 e. The fourth-order valence-corrected chi connectivity index (χ4v) is 2.73. The third-order valence-electron chi connectivity index (χ3n) is 4.26. The Morgan fingerprint density at radius 2 is 1.61 bits per heavy atom. The van der Waals surface area contributed by atoms with E-state index in [1.165, 1.54) is 6.07 Å². The first-order valence-corrected chi connectivity index (χ1v) is 9.06. The number of halogens is 2. The lowest BCUT2D eigenvalue weighted by atomic mass is 10.1. The van der Waals surface area contributed by atoms with Gasteiger partial charge in [-0.2, -0.15) is 0 Å². The van der Waals surface area contributed by atoms with Crippen molar-refractivity contribution in [1.29, 1.82) is 0 Å². The van der Waals surface area contributed by atoms with Crippen molar-refractivity contribution in [3.63, 3.8) is 0 Å². The molecule has 0 saturated carbocycles. The van der Waals surface area contributed by atoms with Crippen molar-refractivity contribution < 1.29 is 18.3 Å². The highest BCUT2D eigenvalue weighted by Gasteiger charge is 2.06. The highest BCUT2D eigenvalue weighted by Crippen LogP contribution is 2.15. The topological polar surface area (TPSA) is 38.3 Å². The number of aryl methyl sites for hydroxylation is 1. The summed E-state index contributed by atoms with van der Waals surface area (Å²) in [5.41, 5.74) is 2.59. The smallest absolute Gasteiger partial charge is 0.220 e. The normalized spacial score (nSPS) is 10.5. The summed E-state index contributed by atoms with van der Waals surface area (Å²) in [7, 11) is 0. The number of nitrogens with one attached hydrogen (secondary N) is 1. The molecule has 3 aromatic rings. The molecule has 0 spiro atoms. The van der Waals surface area contributed by atoms with Gasteiger partial charge in [-0.15, -0.1) is 0 Å². The molecule has 0 bridgehead atoms. The molecule has 0 unspecified atom stereocenters. The van der Waals surface area contributed by atoms with Crippen LogP contribution in [0.1, 0.15) is 23.1 Å². The Kier molecular flexibility index (Phi) is 6.73. The zero-order chi connectivity index (χ0) is 19.8. The average Bonchev–Trinajstić information content (AvgIpc) is 2.73. The number of rotatable bonds is 8. The summed E-state index contributed by atoms with van der Waals surface area (Å²) in [4.78, 5) is 12.0. The van der Waals surface area contributed by atoms with Gasteiger partial charge in [0.2, 0.25) is 5.91 Å². The van der Waals surface area contributed by atoms with Crippen molar-refractivity contribution in [1.82, 2.24) is 5.32 Å². The van der Waals surface area contributed by atoms with E-state index in [0.717, 1.165) is 29.0 Å². The van der Waals surface area contributed by atoms with Gasteiger partial charge in [0.15, 0.2) is 11.6 Å². The molecule has 1 amide bonds. The van der Waals surface area contributed by atoms with Gasteiger partial charge in [-0.3, -0.25) is 4.79 Å². The van der Waals surface area contributed by atoms with Gasteiger partial charge in [0, 0.05) is 13.0 Å². The Balaban J connectivity index is 1.46. The highest BCUT2D eigenvalue weighted by atomic mass is 19.2. The Labute approximate surface area is 163 Å². The van der Waals surface area contributed by atoms with Gasteiger partial charge in [-0.25, -0.2) is 8.78 Å². The molecule has 0 saturated heterocycles. The second kappa shape index (κ2) is 9.65. The summed E-state index contributed by atoms with van der Waals surface area (Å²) < 4.78 is 31.9. The number of hydrogen-bond acceptors (Lipinski definition) is 2. The molecule has 0 aliphatic heterocycles. The lowest BCUT2D eigenvalue weighted by molar-refractivity contribution is -0.121. The molecule has 28 heavy (non-hydrogen) atoms. The van der Waals surface area contributed by atoms with E-state index in [-0.39, 0.29) is 12.3 Å². The maximum atomic E-state index is 13.2. The average molecular weight is 381 g/mol. The summed E-state index contributed by atoms with van der Waals surface area (Å²) in [5, 5.41) is 2.83. The van der Waals surface area contributed by atoms with Crippen LogP contribution in [-0.4, -0.2) is 5.91 Å². The Morgan fingerprint density at radius 3 is 2.39 bits per heavy atom. The summed E-state index contributed by atoms with van der Waals surface area (Å²) >= 11 is 0. The quantitative estimate of drug-likeness (QED) is 0.609. The molecule has 144 valence electrons. The minimum Gasteiger partial charge on any atom is -0.489 e. The minimum absolute atomic E-state index is 0.152. The molecule has 0 fully saturated rings. The van der Waals surface area contributed by atoms with Crippen LogP contribution < -0.4 is 10.1 Å². The van der Waals surface area contributed by atoms with Crippen molar-refractivity contribution in [2.45, 2.75) is 26.0 Å². The van der Waals surface area contributed by atoms with Crippen molar-refractivity contribution >= 4 is 5.91 Å². The van der Waals surface area contributed by atoms with Crippen LogP contribution in [0.3, 0.4) is 0 Å². The van der Waals surface area contributed by atoms with Crippen LogP contribution in [-0.2, 0) is 24.4 Å². The summed E-state index contributed by atoms with van der Waals surface area (Å²) in [5.74, 6) is -1.20. The van der Waals surface area contributed by atoms with Gasteiger partial charge >= 0.3 is 0 Å². The molecule has 0 aliphatic carbocycles. The standard InChI is InChI=1S/C23H21F2NO2/c24-21-11-9-17(14-22(21)25)10-12-23(27)26-15-19-7-4-8-20(13-19)28-16-18-5-2-1-3-6-18/h1-9,11,13-14H,10,12,15-16H2,(H,26,27). The van der Waals surface area contributed by atoms with Crippen LogP contribution in [0.4, 0.5) is 8.78 Å². The SMILES string of the molecule is O=C(CCc1ccc(F)c(F)c1)NCc1cccc(OCc2ccccc2)c1. The highest BCUT2D eigenvalue weighted by molar-refractivity contribution is 5.76. The molecular weight excluding hydrogens is 360 g/mol. The molecule has 0 atom stereocenters. The second-order valence-corrected chi connectivity index (χ2v) is 6.45. The molecule has 0 radical (unpaired) electrons. The van der Waals surface area contributed by atoms with E-state index in [0.29, 0.717) is 25.1 Å². The van der Waals surface area contributed by atoms with E-state index in [1.807, 2.05) is 54.6 Å². The van der Waals surface area contributed by atoms with Gasteiger partial charge in [-0.05, 0) is 47.4 Å². The van der Waals surface area contributed by atoms with E-state index in [2.05, 4.69) is 5.32 Å². The van der Waals surface area contributed by atoms with Crippen molar-refractivity contribution in [3.05, 3.63) is 101 Å². The number of carbonyl (C=O) groups is 1. The predicted octanol–water partition coefficient (Wildman–Crippen LogP) is 4.79. The predicted molar refractivity (Wildman–Crippen MR) is 104 cm³/mol. The van der Waals surface area contributed by atoms with Crippen molar-refractivity contribution in [2.24, 2.45) is 0 Å². The maximum Gasteiger partial charge on any atom is 0.220 e. The van der Waals surface area contributed by atoms with Crippen LogP contribution >= 0.6 is 0 Å². The fraction of sp³-hybridized carbons (Fsp3) is 0.174. The van der Waals surface area contributed by atoms with Crippen LogP contribution in [0.15, 0.2) is 72.8 Å². The molecule has 0 aliphatic rings.